The third kappa shape index (κ3) is 6.90. The number of hydrogen-bond donors (Lipinski definition) is 5. The second-order valence-electron chi connectivity index (χ2n) is 10.5. The van der Waals surface area contributed by atoms with E-state index in [2.05, 4.69) is 46.4 Å². The van der Waals surface area contributed by atoms with Gasteiger partial charge in [0.05, 0.1) is 17.1 Å². The highest BCUT2D eigenvalue weighted by Gasteiger charge is 2.21. The molecule has 0 spiro atoms. The minimum atomic E-state index is -1.10. The van der Waals surface area contributed by atoms with Gasteiger partial charge in [-0.25, -0.2) is 0 Å². The predicted molar refractivity (Wildman–Crippen MR) is 171 cm³/mol. The van der Waals surface area contributed by atoms with Gasteiger partial charge in [-0.05, 0) is 73.8 Å². The van der Waals surface area contributed by atoms with Crippen molar-refractivity contribution >= 4 is 70.5 Å². The van der Waals surface area contributed by atoms with Crippen molar-refractivity contribution in [1.29, 1.82) is 5.26 Å². The second-order valence-corrected chi connectivity index (χ2v) is 11.6. The standard InChI is InChI=1S/C30H33N7O4S2/c31-16-18-4-6-23-22(13-18)19(17-37(23)30(40)27(33)43)3-1-2-8-35-9-11-36(12-10-35)21-5-7-24-20(14-21)15-25(41-24)28(38)34-29(39)26(32)42/h4-7,13-15,17,26-27,42-43H,1-3,8-12,32-33H2,(H,34,38,39). The molecule has 1 saturated heterocycles. The summed E-state index contributed by atoms with van der Waals surface area (Å²) in [5.74, 6) is -1.62. The Labute approximate surface area is 259 Å². The van der Waals surface area contributed by atoms with Crippen molar-refractivity contribution in [2.75, 3.05) is 37.6 Å². The highest BCUT2D eigenvalue weighted by Crippen LogP contribution is 2.27. The molecule has 1 fully saturated rings. The summed E-state index contributed by atoms with van der Waals surface area (Å²) in [4.78, 5) is 41.3. The Bertz CT molecular complexity index is 1710. The van der Waals surface area contributed by atoms with Crippen molar-refractivity contribution in [2.24, 2.45) is 11.5 Å². The van der Waals surface area contributed by atoms with Gasteiger partial charge in [0, 0.05) is 48.8 Å². The summed E-state index contributed by atoms with van der Waals surface area (Å²) in [6.45, 7) is 4.53. The highest BCUT2D eigenvalue weighted by molar-refractivity contribution is 7.81. The minimum Gasteiger partial charge on any atom is -0.451 e. The topological polar surface area (TPSA) is 164 Å². The summed E-state index contributed by atoms with van der Waals surface area (Å²) in [6, 6.07) is 14.9. The Balaban J connectivity index is 1.14. The number of aryl methyl sites for hydroxylation is 1. The number of aromatic nitrogens is 1. The largest absolute Gasteiger partial charge is 0.451 e. The number of amides is 2. The number of nitriles is 1. The van der Waals surface area contributed by atoms with Crippen LogP contribution in [-0.2, 0) is 11.2 Å². The van der Waals surface area contributed by atoms with Crippen LogP contribution in [0, 0.1) is 11.3 Å². The molecule has 4 aromatic rings. The molecular weight excluding hydrogens is 587 g/mol. The van der Waals surface area contributed by atoms with Crippen LogP contribution in [0.3, 0.4) is 0 Å². The lowest BCUT2D eigenvalue weighted by atomic mass is 10.0. The van der Waals surface area contributed by atoms with Gasteiger partial charge in [0.15, 0.2) is 5.76 Å². The Morgan fingerprint density at radius 1 is 1.00 bits per heavy atom. The van der Waals surface area contributed by atoms with Gasteiger partial charge >= 0.3 is 0 Å². The molecule has 3 heterocycles. The van der Waals surface area contributed by atoms with E-state index in [1.165, 1.54) is 0 Å². The molecule has 0 radical (unpaired) electrons. The number of imide groups is 1. The third-order valence-electron chi connectivity index (χ3n) is 7.64. The van der Waals surface area contributed by atoms with Crippen molar-refractivity contribution in [2.45, 2.75) is 30.0 Å². The number of nitrogens with zero attached hydrogens (tertiary/aromatic N) is 4. The number of fused-ring (bicyclic) bond motifs is 2. The number of furan rings is 1. The number of rotatable bonds is 9. The third-order valence-corrected chi connectivity index (χ3v) is 8.10. The van der Waals surface area contributed by atoms with Crippen LogP contribution in [0.15, 0.2) is 53.1 Å². The summed E-state index contributed by atoms with van der Waals surface area (Å²) in [5.41, 5.74) is 15.0. The van der Waals surface area contributed by atoms with Crippen LogP contribution in [0.25, 0.3) is 21.9 Å². The number of carbonyl (C=O) groups is 3. The lowest BCUT2D eigenvalue weighted by Crippen LogP contribution is -2.46. The maximum absolute atomic E-state index is 12.6. The molecule has 2 amide bonds. The van der Waals surface area contributed by atoms with E-state index in [0.717, 1.165) is 79.5 Å². The first-order valence-corrected chi connectivity index (χ1v) is 15.0. The van der Waals surface area contributed by atoms with E-state index >= 15 is 0 Å². The molecule has 11 nitrogen and oxygen atoms in total. The Hall–Kier alpha value is -3.80. The van der Waals surface area contributed by atoms with Crippen molar-refractivity contribution in [3.05, 3.63) is 65.5 Å². The number of carbonyl (C=O) groups excluding carboxylic acids is 3. The second kappa shape index (κ2) is 13.2. The van der Waals surface area contributed by atoms with Gasteiger partial charge < -0.3 is 20.8 Å². The van der Waals surface area contributed by atoms with Crippen LogP contribution < -0.4 is 21.7 Å². The van der Waals surface area contributed by atoms with Crippen molar-refractivity contribution in [3.8, 4) is 6.07 Å². The van der Waals surface area contributed by atoms with Gasteiger partial charge in [0.25, 0.3) is 17.7 Å². The zero-order valence-electron chi connectivity index (χ0n) is 23.4. The van der Waals surface area contributed by atoms with Crippen LogP contribution in [0.1, 0.15) is 39.3 Å². The summed E-state index contributed by atoms with van der Waals surface area (Å²) < 4.78 is 7.16. The number of hydrogen-bond acceptors (Lipinski definition) is 11. The Morgan fingerprint density at radius 2 is 1.77 bits per heavy atom. The zero-order chi connectivity index (χ0) is 30.7. The number of benzene rings is 2. The molecular formula is C30H33N7O4S2. The van der Waals surface area contributed by atoms with Gasteiger partial charge in [-0.1, -0.05) is 0 Å². The molecule has 0 bridgehead atoms. The molecule has 0 aliphatic carbocycles. The summed E-state index contributed by atoms with van der Waals surface area (Å²) in [7, 11) is 0. The average Bonchev–Trinajstić information content (AvgIpc) is 3.60. The summed E-state index contributed by atoms with van der Waals surface area (Å²) in [5, 5.41) is 11.2. The Morgan fingerprint density at radius 3 is 2.47 bits per heavy atom. The first kappa shape index (κ1) is 30.7. The van der Waals surface area contributed by atoms with E-state index in [0.29, 0.717) is 11.1 Å². The van der Waals surface area contributed by atoms with E-state index in [4.69, 9.17) is 15.9 Å². The van der Waals surface area contributed by atoms with Crippen LogP contribution in [-0.4, -0.2) is 70.7 Å². The molecule has 2 unspecified atom stereocenters. The number of unbranched alkanes of at least 4 members (excludes halogenated alkanes) is 1. The Kier molecular flexibility index (Phi) is 9.43. The normalized spacial score (nSPS) is 15.4. The van der Waals surface area contributed by atoms with Gasteiger partial charge in [0.2, 0.25) is 0 Å². The molecule has 2 atom stereocenters. The zero-order valence-corrected chi connectivity index (χ0v) is 25.2. The lowest BCUT2D eigenvalue weighted by molar-refractivity contribution is -0.119. The fourth-order valence-electron chi connectivity index (χ4n) is 5.36. The smallest absolute Gasteiger partial charge is 0.293 e. The van der Waals surface area contributed by atoms with E-state index < -0.39 is 22.6 Å². The molecule has 5 rings (SSSR count). The monoisotopic (exact) mass is 619 g/mol. The maximum Gasteiger partial charge on any atom is 0.293 e. The number of piperazine rings is 1. The lowest BCUT2D eigenvalue weighted by Gasteiger charge is -2.36. The highest BCUT2D eigenvalue weighted by atomic mass is 32.1. The van der Waals surface area contributed by atoms with Gasteiger partial charge in [-0.3, -0.25) is 29.2 Å². The fourth-order valence-corrected chi connectivity index (χ4v) is 5.55. The quantitative estimate of drug-likeness (QED) is 0.108. The molecule has 13 heteroatoms. The molecule has 43 heavy (non-hydrogen) atoms. The van der Waals surface area contributed by atoms with Crippen LogP contribution in [0.5, 0.6) is 0 Å². The first-order valence-electron chi connectivity index (χ1n) is 14.0. The van der Waals surface area contributed by atoms with Crippen molar-refractivity contribution < 1.29 is 18.8 Å². The van der Waals surface area contributed by atoms with E-state index in [-0.39, 0.29) is 11.7 Å². The van der Waals surface area contributed by atoms with Crippen LogP contribution >= 0.6 is 25.3 Å². The molecule has 2 aromatic carbocycles. The molecule has 1 aliphatic heterocycles. The average molecular weight is 620 g/mol. The van der Waals surface area contributed by atoms with Gasteiger partial charge in [0.1, 0.15) is 16.3 Å². The number of anilines is 1. The van der Waals surface area contributed by atoms with E-state index in [9.17, 15) is 19.6 Å². The van der Waals surface area contributed by atoms with E-state index in [1.54, 1.807) is 22.8 Å². The SMILES string of the molecule is N#Cc1ccc2c(c1)c(CCCCN1CCN(c3ccc4oc(C(=O)NC(=O)C(N)S)cc4c3)CC1)cn2C(=O)C(N)S. The summed E-state index contributed by atoms with van der Waals surface area (Å²) >= 11 is 7.93. The maximum atomic E-state index is 12.6. The first-order chi connectivity index (χ1) is 20.6. The summed E-state index contributed by atoms with van der Waals surface area (Å²) in [6.07, 6.45) is 4.55. The number of thiol groups is 2. The van der Waals surface area contributed by atoms with Crippen molar-refractivity contribution in [1.82, 2.24) is 14.8 Å². The van der Waals surface area contributed by atoms with Crippen molar-refractivity contribution in [3.63, 3.8) is 0 Å². The fraction of sp³-hybridized carbons (Fsp3) is 0.333. The van der Waals surface area contributed by atoms with E-state index in [1.807, 2.05) is 30.5 Å². The molecule has 5 N–H and O–H groups in total. The van der Waals surface area contributed by atoms with Gasteiger partial charge in [-0.2, -0.15) is 30.5 Å². The molecule has 0 saturated carbocycles. The molecule has 2 aromatic heterocycles. The van der Waals surface area contributed by atoms with Crippen LogP contribution in [0.4, 0.5) is 5.69 Å². The number of nitrogens with one attached hydrogen (secondary N) is 1. The predicted octanol–water partition coefficient (Wildman–Crippen LogP) is 2.73. The number of nitrogens with two attached hydrogens (primary N) is 2. The minimum absolute atomic E-state index is 0.0336. The molecule has 1 aliphatic rings. The van der Waals surface area contributed by atoms with Gasteiger partial charge in [-0.15, -0.1) is 0 Å². The van der Waals surface area contributed by atoms with Crippen LogP contribution in [0.2, 0.25) is 0 Å². The molecule has 224 valence electrons.